The molecular weight excluding hydrogens is 406 g/mol. The smallest absolute Gasteiger partial charge is 0.290 e. The van der Waals surface area contributed by atoms with Crippen molar-refractivity contribution in [1.82, 2.24) is 25.0 Å². The van der Waals surface area contributed by atoms with Crippen molar-refractivity contribution in [1.29, 1.82) is 0 Å². The Balaban J connectivity index is 1.42. The van der Waals surface area contributed by atoms with Gasteiger partial charge in [-0.05, 0) is 38.5 Å². The van der Waals surface area contributed by atoms with Crippen LogP contribution in [0.2, 0.25) is 0 Å². The Morgan fingerprint density at radius 2 is 1.90 bits per heavy atom. The predicted molar refractivity (Wildman–Crippen MR) is 108 cm³/mol. The van der Waals surface area contributed by atoms with Crippen LogP contribution in [0.4, 0.5) is 14.7 Å². The van der Waals surface area contributed by atoms with Crippen molar-refractivity contribution >= 4 is 11.9 Å². The average molecular weight is 432 g/mol. The third-order valence-corrected chi connectivity index (χ3v) is 6.73. The molecule has 0 unspecified atom stereocenters. The van der Waals surface area contributed by atoms with Gasteiger partial charge in [-0.15, -0.1) is 0 Å². The van der Waals surface area contributed by atoms with Gasteiger partial charge >= 0.3 is 0 Å². The lowest BCUT2D eigenvalue weighted by atomic mass is 9.99. The molecular formula is C21H26F2N6O2. The van der Waals surface area contributed by atoms with Crippen LogP contribution in [0.5, 0.6) is 0 Å². The first-order chi connectivity index (χ1) is 14.8. The minimum Gasteiger partial charge on any atom is -0.342 e. The maximum Gasteiger partial charge on any atom is 0.290 e. The fourth-order valence-electron chi connectivity index (χ4n) is 4.46. The molecule has 2 aliphatic heterocycles. The van der Waals surface area contributed by atoms with Crippen molar-refractivity contribution in [2.24, 2.45) is 5.92 Å². The minimum atomic E-state index is -3.00. The lowest BCUT2D eigenvalue weighted by Crippen LogP contribution is -2.47. The summed E-state index contributed by atoms with van der Waals surface area (Å²) in [6, 6.07) is 0.201. The van der Waals surface area contributed by atoms with E-state index in [0.717, 1.165) is 38.9 Å². The van der Waals surface area contributed by atoms with Crippen molar-refractivity contribution in [3.8, 4) is 11.5 Å². The first-order valence-corrected chi connectivity index (χ1v) is 11.0. The average Bonchev–Trinajstić information content (AvgIpc) is 3.31. The first-order valence-electron chi connectivity index (χ1n) is 11.0. The van der Waals surface area contributed by atoms with Gasteiger partial charge in [-0.1, -0.05) is 12.1 Å². The van der Waals surface area contributed by atoms with Crippen LogP contribution in [0.3, 0.4) is 0 Å². The van der Waals surface area contributed by atoms with E-state index >= 15 is 0 Å². The van der Waals surface area contributed by atoms with Crippen LogP contribution in [0.1, 0.15) is 56.7 Å². The monoisotopic (exact) mass is 432 g/mol. The van der Waals surface area contributed by atoms with E-state index in [1.54, 1.807) is 0 Å². The Labute approximate surface area is 179 Å². The number of piperidine rings is 1. The number of hydrogen-bond acceptors (Lipinski definition) is 7. The number of aromatic nitrogens is 4. The third kappa shape index (κ3) is 3.65. The van der Waals surface area contributed by atoms with E-state index in [-0.39, 0.29) is 60.3 Å². The molecule has 1 atom stereocenters. The lowest BCUT2D eigenvalue weighted by Gasteiger charge is -2.39. The van der Waals surface area contributed by atoms with Crippen LogP contribution < -0.4 is 4.90 Å². The molecule has 2 aromatic heterocycles. The van der Waals surface area contributed by atoms with Crippen LogP contribution >= 0.6 is 0 Å². The Morgan fingerprint density at radius 3 is 2.58 bits per heavy atom. The Bertz CT molecular complexity index is 1000. The summed E-state index contributed by atoms with van der Waals surface area (Å²) in [6.07, 6.45) is 2.79. The second-order valence-corrected chi connectivity index (χ2v) is 8.99. The molecule has 0 radical (unpaired) electrons. The number of anilines is 1. The van der Waals surface area contributed by atoms with Gasteiger partial charge in [0.1, 0.15) is 17.8 Å². The van der Waals surface area contributed by atoms with E-state index in [0.29, 0.717) is 11.5 Å². The molecule has 2 saturated heterocycles. The van der Waals surface area contributed by atoms with Crippen LogP contribution in [-0.4, -0.2) is 56.6 Å². The molecule has 0 saturated carbocycles. The van der Waals surface area contributed by atoms with Gasteiger partial charge in [0.25, 0.3) is 5.92 Å². The van der Waals surface area contributed by atoms with Gasteiger partial charge in [0.15, 0.2) is 0 Å². The maximum atomic E-state index is 14.5. The van der Waals surface area contributed by atoms with Gasteiger partial charge in [-0.2, -0.15) is 13.8 Å². The highest BCUT2D eigenvalue weighted by Gasteiger charge is 2.44. The number of carbonyl (C=O) groups is 1. The summed E-state index contributed by atoms with van der Waals surface area (Å²) in [4.78, 5) is 29.4. The molecule has 2 aromatic rings. The molecule has 8 nitrogen and oxygen atoms in total. The molecule has 31 heavy (non-hydrogen) atoms. The van der Waals surface area contributed by atoms with Crippen molar-refractivity contribution in [2.75, 3.05) is 24.5 Å². The van der Waals surface area contributed by atoms with Crippen LogP contribution in [0.25, 0.3) is 11.5 Å². The largest absolute Gasteiger partial charge is 0.342 e. The number of carbonyl (C=O) groups excluding carboxylic acids is 1. The Kier molecular flexibility index (Phi) is 4.90. The van der Waals surface area contributed by atoms with E-state index in [1.807, 2.05) is 16.7 Å². The number of alkyl halides is 2. The molecule has 4 heterocycles. The number of rotatable bonds is 4. The Hall–Kier alpha value is -2.65. The molecule has 0 spiro atoms. The predicted octanol–water partition coefficient (Wildman–Crippen LogP) is 2.96. The summed E-state index contributed by atoms with van der Waals surface area (Å²) in [5.74, 6) is -1.84. The molecule has 2 fully saturated rings. The summed E-state index contributed by atoms with van der Waals surface area (Å²) in [5, 5.41) is 3.97. The third-order valence-electron chi connectivity index (χ3n) is 6.73. The molecule has 0 aromatic carbocycles. The van der Waals surface area contributed by atoms with E-state index in [9.17, 15) is 13.6 Å². The summed E-state index contributed by atoms with van der Waals surface area (Å²) in [6.45, 7) is 6.38. The van der Waals surface area contributed by atoms with Crippen LogP contribution in [0.15, 0.2) is 4.52 Å². The second-order valence-electron chi connectivity index (χ2n) is 8.99. The molecule has 0 bridgehead atoms. The molecule has 3 aliphatic rings. The highest BCUT2D eigenvalue weighted by molar-refractivity contribution is 5.78. The van der Waals surface area contributed by atoms with Crippen molar-refractivity contribution in [3.05, 3.63) is 17.1 Å². The quantitative estimate of drug-likeness (QED) is 0.734. The van der Waals surface area contributed by atoms with E-state index < -0.39 is 5.92 Å². The number of amides is 1. The molecule has 0 N–H and O–H groups in total. The van der Waals surface area contributed by atoms with Crippen molar-refractivity contribution < 1.29 is 18.1 Å². The summed E-state index contributed by atoms with van der Waals surface area (Å²) >= 11 is 0. The van der Waals surface area contributed by atoms with E-state index in [2.05, 4.69) is 27.0 Å². The van der Waals surface area contributed by atoms with Gasteiger partial charge in [0, 0.05) is 37.7 Å². The zero-order valence-corrected chi connectivity index (χ0v) is 17.8. The maximum absolute atomic E-state index is 14.5. The van der Waals surface area contributed by atoms with Crippen molar-refractivity contribution in [3.63, 3.8) is 0 Å². The summed E-state index contributed by atoms with van der Waals surface area (Å²) < 4.78 is 34.3. The summed E-state index contributed by atoms with van der Waals surface area (Å²) in [5.41, 5.74) is 0.410. The first kappa shape index (κ1) is 20.3. The molecule has 10 heteroatoms. The van der Waals surface area contributed by atoms with Crippen LogP contribution in [-0.2, 0) is 23.6 Å². The van der Waals surface area contributed by atoms with Gasteiger partial charge < -0.3 is 14.3 Å². The van der Waals surface area contributed by atoms with Crippen molar-refractivity contribution in [2.45, 2.75) is 64.3 Å². The molecule has 1 amide bonds. The minimum absolute atomic E-state index is 0.000824. The van der Waals surface area contributed by atoms with Gasteiger partial charge in [0.2, 0.25) is 23.6 Å². The second kappa shape index (κ2) is 7.49. The highest BCUT2D eigenvalue weighted by atomic mass is 19.3. The van der Waals surface area contributed by atoms with Gasteiger partial charge in [0.05, 0.1) is 0 Å². The number of likely N-dealkylation sites (tertiary alicyclic amines) is 1. The van der Waals surface area contributed by atoms with Gasteiger partial charge in [-0.3, -0.25) is 4.79 Å². The van der Waals surface area contributed by atoms with E-state index in [1.165, 1.54) is 0 Å². The number of halogens is 2. The SMILES string of the molecule is CC1CCN(C(=O)Cc2nc(-c3nc(N4CC[C@@H]4C)nc4c3CCC4(F)F)no2)CC1. The number of fused-ring (bicyclic) bond motifs is 1. The zero-order chi connectivity index (χ0) is 21.8. The van der Waals surface area contributed by atoms with Crippen LogP contribution in [0, 0.1) is 5.92 Å². The highest BCUT2D eigenvalue weighted by Crippen LogP contribution is 2.44. The number of nitrogens with zero attached hydrogens (tertiary/aromatic N) is 6. The zero-order valence-electron chi connectivity index (χ0n) is 17.8. The summed E-state index contributed by atoms with van der Waals surface area (Å²) in [7, 11) is 0. The Morgan fingerprint density at radius 1 is 1.13 bits per heavy atom. The molecule has 1 aliphatic carbocycles. The standard InChI is InChI=1S/C21H26F2N6O2/c1-12-4-8-28(9-5-12)16(30)11-15-24-19(27-31-15)17-14-3-7-21(22,23)18(14)26-20(25-17)29-10-6-13(29)2/h12-13H,3-11H2,1-2H3/t13-/m0/s1. The van der Waals surface area contributed by atoms with Gasteiger partial charge in [-0.25, -0.2) is 9.97 Å². The number of hydrogen-bond donors (Lipinski definition) is 0. The normalized spacial score (nSPS) is 23.0. The molecule has 166 valence electrons. The lowest BCUT2D eigenvalue weighted by molar-refractivity contribution is -0.132. The fourth-order valence-corrected chi connectivity index (χ4v) is 4.46. The topological polar surface area (TPSA) is 88.3 Å². The van der Waals surface area contributed by atoms with E-state index in [4.69, 9.17) is 4.52 Å². The molecule has 5 rings (SSSR count). The fraction of sp³-hybridized carbons (Fsp3) is 0.667.